The lowest BCUT2D eigenvalue weighted by molar-refractivity contribution is 1.15. The second kappa shape index (κ2) is 5.96. The third-order valence-corrected chi connectivity index (χ3v) is 5.99. The molecule has 0 amide bonds. The van der Waals surface area contributed by atoms with E-state index in [0.29, 0.717) is 0 Å². The fourth-order valence-corrected chi connectivity index (χ4v) is 4.64. The van der Waals surface area contributed by atoms with Crippen LogP contribution in [0.2, 0.25) is 0 Å². The normalized spacial score (nSPS) is 11.8. The van der Waals surface area contributed by atoms with Crippen molar-refractivity contribution < 1.29 is 0 Å². The standard InChI is InChI=1S/C20H12S2/c1-2-7-15(8-3-1)13-14-16-9-6-12-19-20(16)22-18-11-5-4-10-17(18)21-19/h1-12H. The lowest BCUT2D eigenvalue weighted by atomic mass is 10.2. The number of benzene rings is 3. The first-order valence-corrected chi connectivity index (χ1v) is 8.68. The molecule has 0 N–H and O–H groups in total. The molecule has 1 heterocycles. The number of rotatable bonds is 0. The van der Waals surface area contributed by atoms with E-state index in [2.05, 4.69) is 54.3 Å². The Bertz CT molecular complexity index is 886. The molecule has 3 aromatic carbocycles. The van der Waals surface area contributed by atoms with E-state index in [4.69, 9.17) is 0 Å². The van der Waals surface area contributed by atoms with E-state index in [-0.39, 0.29) is 0 Å². The Morgan fingerprint density at radius 1 is 0.545 bits per heavy atom. The zero-order valence-corrected chi connectivity index (χ0v) is 13.4. The Labute approximate surface area is 139 Å². The van der Waals surface area contributed by atoms with Crippen LogP contribution in [0.25, 0.3) is 0 Å². The van der Waals surface area contributed by atoms with Gasteiger partial charge < -0.3 is 0 Å². The summed E-state index contributed by atoms with van der Waals surface area (Å²) in [7, 11) is 0. The fraction of sp³-hybridized carbons (Fsp3) is 0. The van der Waals surface area contributed by atoms with Crippen LogP contribution in [0, 0.1) is 11.8 Å². The fourth-order valence-electron chi connectivity index (χ4n) is 2.31. The van der Waals surface area contributed by atoms with E-state index >= 15 is 0 Å². The van der Waals surface area contributed by atoms with E-state index in [9.17, 15) is 0 Å². The molecule has 0 unspecified atom stereocenters. The summed E-state index contributed by atoms with van der Waals surface area (Å²) in [5.74, 6) is 6.60. The number of hydrogen-bond donors (Lipinski definition) is 0. The van der Waals surface area contributed by atoms with E-state index in [1.54, 1.807) is 0 Å². The van der Waals surface area contributed by atoms with Gasteiger partial charge in [-0.3, -0.25) is 0 Å². The van der Waals surface area contributed by atoms with Crippen molar-refractivity contribution in [3.05, 3.63) is 83.9 Å². The molecule has 0 spiro atoms. The summed E-state index contributed by atoms with van der Waals surface area (Å²) < 4.78 is 0. The quantitative estimate of drug-likeness (QED) is 0.382. The van der Waals surface area contributed by atoms with Gasteiger partial charge in [0.15, 0.2) is 0 Å². The van der Waals surface area contributed by atoms with Crippen LogP contribution >= 0.6 is 23.5 Å². The Hall–Kier alpha value is -2.08. The molecule has 0 radical (unpaired) electrons. The van der Waals surface area contributed by atoms with Crippen LogP contribution in [0.5, 0.6) is 0 Å². The maximum Gasteiger partial charge on any atom is 0.0419 e. The van der Waals surface area contributed by atoms with Gasteiger partial charge in [-0.15, -0.1) is 0 Å². The van der Waals surface area contributed by atoms with Crippen molar-refractivity contribution in [1.29, 1.82) is 0 Å². The smallest absolute Gasteiger partial charge is 0.0419 e. The maximum absolute atomic E-state index is 3.34. The molecular weight excluding hydrogens is 304 g/mol. The second-order valence-electron chi connectivity index (χ2n) is 4.90. The van der Waals surface area contributed by atoms with Gasteiger partial charge in [-0.25, -0.2) is 0 Å². The average Bonchev–Trinajstić information content (AvgIpc) is 2.59. The summed E-state index contributed by atoms with van der Waals surface area (Å²) in [5, 5.41) is 0. The van der Waals surface area contributed by atoms with Crippen LogP contribution in [0.3, 0.4) is 0 Å². The van der Waals surface area contributed by atoms with Crippen LogP contribution < -0.4 is 0 Å². The van der Waals surface area contributed by atoms with Gasteiger partial charge in [0.2, 0.25) is 0 Å². The van der Waals surface area contributed by atoms with Crippen molar-refractivity contribution in [2.24, 2.45) is 0 Å². The van der Waals surface area contributed by atoms with Gasteiger partial charge in [0, 0.05) is 30.7 Å². The molecule has 0 aromatic heterocycles. The summed E-state index contributed by atoms with van der Waals surface area (Å²) in [5.41, 5.74) is 2.15. The zero-order chi connectivity index (χ0) is 14.8. The summed E-state index contributed by atoms with van der Waals surface area (Å²) >= 11 is 3.65. The highest BCUT2D eigenvalue weighted by Gasteiger charge is 2.18. The molecule has 0 nitrogen and oxygen atoms in total. The third kappa shape index (κ3) is 2.66. The van der Waals surface area contributed by atoms with Gasteiger partial charge >= 0.3 is 0 Å². The first-order chi connectivity index (χ1) is 10.9. The van der Waals surface area contributed by atoms with Crippen LogP contribution in [0.4, 0.5) is 0 Å². The summed E-state index contributed by atoms with van der Waals surface area (Å²) in [6, 6.07) is 25.1. The monoisotopic (exact) mass is 316 g/mol. The summed E-state index contributed by atoms with van der Waals surface area (Å²) in [6.45, 7) is 0. The van der Waals surface area contributed by atoms with Crippen molar-refractivity contribution >= 4 is 23.5 Å². The predicted octanol–water partition coefficient (Wildman–Crippen LogP) is 5.70. The second-order valence-corrected chi connectivity index (χ2v) is 7.04. The third-order valence-electron chi connectivity index (χ3n) is 3.38. The minimum atomic E-state index is 1.05. The molecule has 4 rings (SSSR count). The Balaban J connectivity index is 1.74. The molecule has 3 aromatic rings. The van der Waals surface area contributed by atoms with Gasteiger partial charge in [-0.1, -0.05) is 71.8 Å². The van der Waals surface area contributed by atoms with Gasteiger partial charge in [-0.05, 0) is 36.4 Å². The first kappa shape index (κ1) is 13.6. The van der Waals surface area contributed by atoms with Crippen LogP contribution in [-0.4, -0.2) is 0 Å². The predicted molar refractivity (Wildman–Crippen MR) is 93.6 cm³/mol. The van der Waals surface area contributed by atoms with Gasteiger partial charge in [0.25, 0.3) is 0 Å². The average molecular weight is 316 g/mol. The Kier molecular flexibility index (Phi) is 3.68. The molecule has 0 fully saturated rings. The number of hydrogen-bond acceptors (Lipinski definition) is 2. The van der Waals surface area contributed by atoms with Crippen molar-refractivity contribution in [1.82, 2.24) is 0 Å². The molecule has 0 saturated carbocycles. The molecule has 104 valence electrons. The lowest BCUT2D eigenvalue weighted by Crippen LogP contribution is -1.92. The molecule has 0 aliphatic carbocycles. The van der Waals surface area contributed by atoms with Crippen LogP contribution in [0.1, 0.15) is 11.1 Å². The molecule has 1 aliphatic rings. The molecule has 0 atom stereocenters. The van der Waals surface area contributed by atoms with Crippen LogP contribution in [-0.2, 0) is 0 Å². The van der Waals surface area contributed by atoms with Crippen molar-refractivity contribution in [3.8, 4) is 11.8 Å². The molecule has 2 heteroatoms. The highest BCUT2D eigenvalue weighted by Crippen LogP contribution is 2.49. The van der Waals surface area contributed by atoms with E-state index in [1.165, 1.54) is 19.6 Å². The van der Waals surface area contributed by atoms with E-state index in [1.807, 2.05) is 53.9 Å². The van der Waals surface area contributed by atoms with E-state index in [0.717, 1.165) is 11.1 Å². The summed E-state index contributed by atoms with van der Waals surface area (Å²) in [4.78, 5) is 5.21. The molecule has 22 heavy (non-hydrogen) atoms. The van der Waals surface area contributed by atoms with Crippen LogP contribution in [0.15, 0.2) is 92.4 Å². The summed E-state index contributed by atoms with van der Waals surface area (Å²) in [6.07, 6.45) is 0. The Morgan fingerprint density at radius 2 is 1.23 bits per heavy atom. The topological polar surface area (TPSA) is 0 Å². The highest BCUT2D eigenvalue weighted by atomic mass is 32.2. The van der Waals surface area contributed by atoms with Gasteiger partial charge in [0.1, 0.15) is 0 Å². The van der Waals surface area contributed by atoms with Gasteiger partial charge in [0.05, 0.1) is 0 Å². The largest absolute Gasteiger partial charge is 0.0877 e. The van der Waals surface area contributed by atoms with Crippen molar-refractivity contribution in [2.75, 3.05) is 0 Å². The molecule has 0 bridgehead atoms. The highest BCUT2D eigenvalue weighted by molar-refractivity contribution is 8.05. The molecule has 0 saturated heterocycles. The number of fused-ring (bicyclic) bond motifs is 2. The van der Waals surface area contributed by atoms with Gasteiger partial charge in [-0.2, -0.15) is 0 Å². The van der Waals surface area contributed by atoms with Crippen molar-refractivity contribution in [3.63, 3.8) is 0 Å². The minimum absolute atomic E-state index is 1.05. The SMILES string of the molecule is C(#Cc1cccc2c1Sc1ccccc1S2)c1ccccc1. The zero-order valence-electron chi connectivity index (χ0n) is 11.7. The molecular formula is C20H12S2. The first-order valence-electron chi connectivity index (χ1n) is 7.05. The minimum Gasteiger partial charge on any atom is -0.0877 e. The molecule has 1 aliphatic heterocycles. The van der Waals surface area contributed by atoms with Crippen molar-refractivity contribution in [2.45, 2.75) is 19.6 Å². The lowest BCUT2D eigenvalue weighted by Gasteiger charge is -2.18. The van der Waals surface area contributed by atoms with E-state index < -0.39 is 0 Å². The Morgan fingerprint density at radius 3 is 2.05 bits per heavy atom. The maximum atomic E-state index is 3.34.